The van der Waals surface area contributed by atoms with E-state index in [-0.39, 0.29) is 17.0 Å². The quantitative estimate of drug-likeness (QED) is 0.743. The van der Waals surface area contributed by atoms with Crippen molar-refractivity contribution in [3.05, 3.63) is 74.7 Å². The number of anilines is 1. The zero-order valence-electron chi connectivity index (χ0n) is 14.5. The molecule has 5 rings (SSSR count). The first kappa shape index (κ1) is 15.4. The maximum absolute atomic E-state index is 12.8. The number of amides is 1. The fourth-order valence-electron chi connectivity index (χ4n) is 4.39. The van der Waals surface area contributed by atoms with Crippen molar-refractivity contribution in [2.45, 2.75) is 38.5 Å². The molecule has 2 aromatic carbocycles. The van der Waals surface area contributed by atoms with Gasteiger partial charge in [-0.15, -0.1) is 0 Å². The Morgan fingerprint density at radius 3 is 2.62 bits per heavy atom. The Morgan fingerprint density at radius 2 is 1.73 bits per heavy atom. The summed E-state index contributed by atoms with van der Waals surface area (Å²) in [6, 6.07) is 12.1. The van der Waals surface area contributed by atoms with Crippen LogP contribution in [0.3, 0.4) is 0 Å². The van der Waals surface area contributed by atoms with Crippen LogP contribution in [0, 0.1) is 0 Å². The predicted octanol–water partition coefficient (Wildman–Crippen LogP) is 3.76. The Labute approximate surface area is 151 Å². The Morgan fingerprint density at radius 1 is 0.923 bits per heavy atom. The minimum absolute atomic E-state index is 0.203. The lowest BCUT2D eigenvalue weighted by atomic mass is 9.95. The number of carbonyl (C=O) groups excluding carboxylic acids is 1. The lowest BCUT2D eigenvalue weighted by Crippen LogP contribution is -2.26. The first-order chi connectivity index (χ1) is 12.7. The smallest absolute Gasteiger partial charge is 0.261 e. The lowest BCUT2D eigenvalue weighted by molar-refractivity contribution is 0.102. The molecule has 0 unspecified atom stereocenters. The summed E-state index contributed by atoms with van der Waals surface area (Å²) in [5.41, 5.74) is 5.43. The van der Waals surface area contributed by atoms with Crippen LogP contribution in [-0.4, -0.2) is 10.9 Å². The monoisotopic (exact) mass is 344 g/mol. The summed E-state index contributed by atoms with van der Waals surface area (Å²) in [5, 5.41) is 5.28. The van der Waals surface area contributed by atoms with Gasteiger partial charge >= 0.3 is 0 Å². The maximum atomic E-state index is 12.8. The third-order valence-electron chi connectivity index (χ3n) is 5.71. The van der Waals surface area contributed by atoms with Crippen LogP contribution in [0.25, 0.3) is 10.8 Å². The van der Waals surface area contributed by atoms with Crippen LogP contribution in [0.5, 0.6) is 0 Å². The van der Waals surface area contributed by atoms with E-state index in [4.69, 9.17) is 0 Å². The van der Waals surface area contributed by atoms with E-state index in [1.54, 1.807) is 6.07 Å². The van der Waals surface area contributed by atoms with Crippen LogP contribution >= 0.6 is 0 Å². The van der Waals surface area contributed by atoms with E-state index in [9.17, 15) is 9.59 Å². The van der Waals surface area contributed by atoms with E-state index in [2.05, 4.69) is 22.4 Å². The van der Waals surface area contributed by atoms with E-state index in [0.717, 1.165) is 60.9 Å². The third kappa shape index (κ3) is 2.37. The maximum Gasteiger partial charge on any atom is 0.261 e. The number of H-pyrrole nitrogens is 1. The molecule has 4 heteroatoms. The number of pyridine rings is 1. The summed E-state index contributed by atoms with van der Waals surface area (Å²) in [7, 11) is 0. The number of aryl methyl sites for hydroxylation is 4. The van der Waals surface area contributed by atoms with E-state index in [0.29, 0.717) is 0 Å². The number of hydrogen-bond acceptors (Lipinski definition) is 2. The molecule has 0 saturated heterocycles. The lowest BCUT2D eigenvalue weighted by Gasteiger charge is -2.16. The molecule has 0 spiro atoms. The van der Waals surface area contributed by atoms with Crippen molar-refractivity contribution in [3.63, 3.8) is 0 Å². The number of hydrogen-bond donors (Lipinski definition) is 2. The molecule has 0 atom stereocenters. The van der Waals surface area contributed by atoms with Crippen molar-refractivity contribution in [3.8, 4) is 0 Å². The second-order valence-electron chi connectivity index (χ2n) is 7.29. The molecule has 26 heavy (non-hydrogen) atoms. The van der Waals surface area contributed by atoms with Crippen LogP contribution in [0.1, 0.15) is 45.6 Å². The average molecular weight is 344 g/mol. The zero-order valence-corrected chi connectivity index (χ0v) is 14.5. The molecule has 0 bridgehead atoms. The van der Waals surface area contributed by atoms with Gasteiger partial charge in [-0.1, -0.05) is 24.3 Å². The van der Waals surface area contributed by atoms with Gasteiger partial charge in [-0.05, 0) is 72.7 Å². The van der Waals surface area contributed by atoms with Gasteiger partial charge in [0.25, 0.3) is 11.5 Å². The van der Waals surface area contributed by atoms with Crippen molar-refractivity contribution in [1.82, 2.24) is 4.98 Å². The van der Waals surface area contributed by atoms with Gasteiger partial charge in [-0.3, -0.25) is 9.59 Å². The van der Waals surface area contributed by atoms with Crippen LogP contribution in [0.2, 0.25) is 0 Å². The Balaban J connectivity index is 1.54. The fourth-order valence-corrected chi connectivity index (χ4v) is 4.39. The minimum atomic E-state index is -0.335. The molecule has 2 N–H and O–H groups in total. The van der Waals surface area contributed by atoms with Gasteiger partial charge in [0.2, 0.25) is 0 Å². The second-order valence-corrected chi connectivity index (χ2v) is 7.29. The summed E-state index contributed by atoms with van der Waals surface area (Å²) in [6.07, 6.45) is 6.11. The molecule has 0 saturated carbocycles. The number of benzene rings is 2. The van der Waals surface area contributed by atoms with E-state index < -0.39 is 0 Å². The summed E-state index contributed by atoms with van der Waals surface area (Å²) >= 11 is 0. The molecule has 4 nitrogen and oxygen atoms in total. The van der Waals surface area contributed by atoms with Gasteiger partial charge in [-0.25, -0.2) is 0 Å². The number of rotatable bonds is 2. The molecule has 1 heterocycles. The van der Waals surface area contributed by atoms with Crippen LogP contribution in [0.4, 0.5) is 5.69 Å². The average Bonchev–Trinajstić information content (AvgIpc) is 3.08. The van der Waals surface area contributed by atoms with Gasteiger partial charge in [0.05, 0.1) is 0 Å². The van der Waals surface area contributed by atoms with E-state index >= 15 is 0 Å². The van der Waals surface area contributed by atoms with Gasteiger partial charge in [0.15, 0.2) is 0 Å². The highest BCUT2D eigenvalue weighted by molar-refractivity contribution is 6.10. The molecule has 2 aliphatic rings. The topological polar surface area (TPSA) is 62.0 Å². The summed E-state index contributed by atoms with van der Waals surface area (Å²) in [5.74, 6) is -0.335. The Bertz CT molecular complexity index is 1100. The number of aromatic amines is 1. The number of nitrogens with one attached hydrogen (secondary N) is 2. The fraction of sp³-hybridized carbons (Fsp3) is 0.273. The largest absolute Gasteiger partial charge is 0.325 e. The molecule has 1 amide bonds. The van der Waals surface area contributed by atoms with E-state index in [1.165, 1.54) is 16.5 Å². The zero-order chi connectivity index (χ0) is 17.7. The first-order valence-electron chi connectivity index (χ1n) is 9.30. The van der Waals surface area contributed by atoms with Crippen molar-refractivity contribution < 1.29 is 4.79 Å². The molecule has 0 fully saturated rings. The summed E-state index contributed by atoms with van der Waals surface area (Å²) in [4.78, 5) is 28.1. The van der Waals surface area contributed by atoms with Crippen LogP contribution in [-0.2, 0) is 25.7 Å². The summed E-state index contributed by atoms with van der Waals surface area (Å²) < 4.78 is 0. The number of fused-ring (bicyclic) bond motifs is 1. The van der Waals surface area contributed by atoms with Gasteiger partial charge in [0, 0.05) is 16.8 Å². The number of aromatic nitrogens is 1. The molecule has 3 aromatic rings. The van der Waals surface area contributed by atoms with Gasteiger partial charge < -0.3 is 10.3 Å². The molecule has 130 valence electrons. The van der Waals surface area contributed by atoms with E-state index in [1.807, 2.05) is 18.2 Å². The molecule has 0 aliphatic heterocycles. The predicted molar refractivity (Wildman–Crippen MR) is 103 cm³/mol. The minimum Gasteiger partial charge on any atom is -0.325 e. The Hall–Kier alpha value is -2.88. The van der Waals surface area contributed by atoms with Crippen LogP contribution in [0.15, 0.2) is 41.2 Å². The standard InChI is InChI=1S/C22H20N2O2/c25-21-17(12-15-4-1-2-7-18(15)23-21)22(26)24-19-11-10-14-9-8-13-5-3-6-16(19)20(13)14/h3,5-6,10-12H,1-2,4,7-9H2,(H,23,25)(H,24,26). The first-order valence-corrected chi connectivity index (χ1v) is 9.30. The molecule has 1 aromatic heterocycles. The highest BCUT2D eigenvalue weighted by atomic mass is 16.2. The number of carbonyl (C=O) groups is 1. The van der Waals surface area contributed by atoms with Gasteiger partial charge in [0.1, 0.15) is 5.56 Å². The molecule has 0 radical (unpaired) electrons. The highest BCUT2D eigenvalue weighted by Gasteiger charge is 2.20. The van der Waals surface area contributed by atoms with Crippen molar-refractivity contribution >= 4 is 22.4 Å². The summed E-state index contributed by atoms with van der Waals surface area (Å²) in [6.45, 7) is 0. The molecule has 2 aliphatic carbocycles. The normalized spacial score (nSPS) is 15.1. The van der Waals surface area contributed by atoms with Crippen molar-refractivity contribution in [2.75, 3.05) is 5.32 Å². The Kier molecular flexibility index (Phi) is 3.45. The van der Waals surface area contributed by atoms with Gasteiger partial charge in [-0.2, -0.15) is 0 Å². The highest BCUT2D eigenvalue weighted by Crippen LogP contribution is 2.35. The van der Waals surface area contributed by atoms with Crippen molar-refractivity contribution in [2.24, 2.45) is 0 Å². The molecular weight excluding hydrogens is 324 g/mol. The third-order valence-corrected chi connectivity index (χ3v) is 5.71. The SMILES string of the molecule is O=C(Nc1ccc2c3c(cccc13)CC2)c1cc2c([nH]c1=O)CCCC2. The van der Waals surface area contributed by atoms with Crippen LogP contribution < -0.4 is 10.9 Å². The molecular formula is C22H20N2O2. The van der Waals surface area contributed by atoms with Crippen molar-refractivity contribution in [1.29, 1.82) is 0 Å². The second kappa shape index (κ2) is 5.84.